The monoisotopic (exact) mass is 523 g/mol. The highest BCUT2D eigenvalue weighted by Crippen LogP contribution is 2.18. The first-order chi connectivity index (χ1) is 17.7. The zero-order valence-electron chi connectivity index (χ0n) is 22.5. The van der Waals surface area contributed by atoms with Crippen molar-refractivity contribution in [2.24, 2.45) is 0 Å². The van der Waals surface area contributed by atoms with Gasteiger partial charge in [-0.2, -0.15) is 0 Å². The first kappa shape index (κ1) is 28.3. The molecule has 3 aromatic rings. The largest absolute Gasteiger partial charge is 0.484 e. The van der Waals surface area contributed by atoms with Crippen molar-refractivity contribution >= 4 is 23.4 Å². The number of hydrogen-bond acceptors (Lipinski definition) is 3. The molecule has 0 aliphatic rings. The van der Waals surface area contributed by atoms with Gasteiger partial charge in [0.15, 0.2) is 6.61 Å². The Hall–Kier alpha value is -3.25. The summed E-state index contributed by atoms with van der Waals surface area (Å²) < 4.78 is 7.84. The van der Waals surface area contributed by atoms with Crippen LogP contribution < -0.4 is 4.74 Å². The summed E-state index contributed by atoms with van der Waals surface area (Å²) in [7, 11) is 0. The maximum atomic E-state index is 13.6. The number of hydrogen-bond donors (Lipinski definition) is 0. The Morgan fingerprint density at radius 2 is 1.65 bits per heavy atom. The molecule has 2 amide bonds. The van der Waals surface area contributed by atoms with Crippen molar-refractivity contribution in [2.75, 3.05) is 13.2 Å². The van der Waals surface area contributed by atoms with E-state index in [1.807, 2.05) is 30.9 Å². The minimum Gasteiger partial charge on any atom is -0.484 e. The highest BCUT2D eigenvalue weighted by Gasteiger charge is 2.26. The van der Waals surface area contributed by atoms with E-state index >= 15 is 0 Å². The first-order valence-corrected chi connectivity index (χ1v) is 13.2. The second-order valence-electron chi connectivity index (χ2n) is 9.69. The molecule has 7 heteroatoms. The lowest BCUT2D eigenvalue weighted by Gasteiger charge is -2.33. The van der Waals surface area contributed by atoms with Crippen molar-refractivity contribution in [1.82, 2.24) is 14.4 Å². The van der Waals surface area contributed by atoms with E-state index in [2.05, 4.69) is 55.8 Å². The zero-order valence-corrected chi connectivity index (χ0v) is 23.2. The highest BCUT2D eigenvalue weighted by atomic mass is 35.5. The Labute approximate surface area is 225 Å². The van der Waals surface area contributed by atoms with Crippen molar-refractivity contribution in [2.45, 2.75) is 66.2 Å². The number of ether oxygens (including phenoxy) is 1. The summed E-state index contributed by atoms with van der Waals surface area (Å²) in [5.74, 6) is 0.250. The number of carbonyl (C=O) groups is 2. The van der Waals surface area contributed by atoms with Crippen LogP contribution in [0, 0.1) is 6.92 Å². The van der Waals surface area contributed by atoms with Gasteiger partial charge in [-0.1, -0.05) is 42.8 Å². The van der Waals surface area contributed by atoms with Crippen molar-refractivity contribution < 1.29 is 14.3 Å². The van der Waals surface area contributed by atoms with Gasteiger partial charge in [0.05, 0.1) is 6.54 Å². The van der Waals surface area contributed by atoms with Crippen LogP contribution in [0.1, 0.15) is 50.9 Å². The Morgan fingerprint density at radius 1 is 0.946 bits per heavy atom. The molecule has 0 N–H and O–H groups in total. The first-order valence-electron chi connectivity index (χ1n) is 12.8. The maximum Gasteiger partial charge on any atom is 0.261 e. The highest BCUT2D eigenvalue weighted by molar-refractivity contribution is 6.30. The predicted octanol–water partition coefficient (Wildman–Crippen LogP) is 5.94. The molecular formula is C30H38ClN3O3. The Bertz CT molecular complexity index is 1170. The second-order valence-corrected chi connectivity index (χ2v) is 10.1. The summed E-state index contributed by atoms with van der Waals surface area (Å²) in [6, 6.07) is 19.2. The van der Waals surface area contributed by atoms with Crippen LogP contribution in [0.3, 0.4) is 0 Å². The fraction of sp³-hybridized carbons (Fsp3) is 0.400. The van der Waals surface area contributed by atoms with Crippen LogP contribution in [0.2, 0.25) is 5.02 Å². The normalized spacial score (nSPS) is 11.9. The minimum atomic E-state index is -0.231. The van der Waals surface area contributed by atoms with E-state index in [4.69, 9.17) is 16.3 Å². The van der Waals surface area contributed by atoms with Gasteiger partial charge in [-0.05, 0) is 81.6 Å². The van der Waals surface area contributed by atoms with Crippen LogP contribution in [0.15, 0.2) is 66.9 Å². The van der Waals surface area contributed by atoms with Crippen LogP contribution in [-0.2, 0) is 22.7 Å². The van der Waals surface area contributed by atoms with E-state index in [9.17, 15) is 9.59 Å². The van der Waals surface area contributed by atoms with E-state index in [0.717, 1.165) is 18.7 Å². The third kappa shape index (κ3) is 7.86. The minimum absolute atomic E-state index is 0.00329. The average molecular weight is 524 g/mol. The fourth-order valence-electron chi connectivity index (χ4n) is 4.16. The predicted molar refractivity (Wildman–Crippen MR) is 149 cm³/mol. The lowest BCUT2D eigenvalue weighted by Crippen LogP contribution is -2.49. The maximum absolute atomic E-state index is 13.6. The van der Waals surface area contributed by atoms with Crippen LogP contribution in [-0.4, -0.2) is 51.4 Å². The summed E-state index contributed by atoms with van der Waals surface area (Å²) in [6.45, 7) is 11.1. The summed E-state index contributed by atoms with van der Waals surface area (Å²) in [4.78, 5) is 30.1. The van der Waals surface area contributed by atoms with Gasteiger partial charge in [0, 0.05) is 35.5 Å². The topological polar surface area (TPSA) is 54.8 Å². The lowest BCUT2D eigenvalue weighted by molar-refractivity contribution is -0.144. The SMILES string of the molecule is CCC(C)N(Cc1cccn1Cc1ccccc1C)C(=O)CN(C(=O)COc1ccc(Cl)cc1)C(C)C. The Morgan fingerprint density at radius 3 is 2.30 bits per heavy atom. The number of aryl methyl sites for hydroxylation is 1. The standard InChI is InChI=1S/C30H38ClN3O3/c1-6-24(5)34(19-27-12-9-17-32(27)18-25-11-8-7-10-23(25)4)29(35)20-33(22(2)3)30(36)21-37-28-15-13-26(31)14-16-28/h7-17,22,24H,6,18-21H2,1-5H3. The van der Waals surface area contributed by atoms with E-state index in [0.29, 0.717) is 17.3 Å². The van der Waals surface area contributed by atoms with E-state index in [1.165, 1.54) is 11.1 Å². The summed E-state index contributed by atoms with van der Waals surface area (Å²) in [5, 5.41) is 0.600. The van der Waals surface area contributed by atoms with Crippen molar-refractivity contribution in [3.8, 4) is 5.75 Å². The number of halogens is 1. The van der Waals surface area contributed by atoms with Crippen LogP contribution in [0.25, 0.3) is 0 Å². The number of rotatable bonds is 12. The lowest BCUT2D eigenvalue weighted by atomic mass is 10.1. The number of aromatic nitrogens is 1. The smallest absolute Gasteiger partial charge is 0.261 e. The number of carbonyl (C=O) groups excluding carboxylic acids is 2. The molecule has 0 saturated carbocycles. The van der Waals surface area contributed by atoms with Gasteiger partial charge in [-0.3, -0.25) is 9.59 Å². The molecule has 1 unspecified atom stereocenters. The fourth-order valence-corrected chi connectivity index (χ4v) is 4.28. The summed E-state index contributed by atoms with van der Waals surface area (Å²) >= 11 is 5.92. The van der Waals surface area contributed by atoms with Crippen molar-refractivity contribution in [1.29, 1.82) is 0 Å². The average Bonchev–Trinajstić information content (AvgIpc) is 3.32. The third-order valence-electron chi connectivity index (χ3n) is 6.73. The molecule has 2 aromatic carbocycles. The van der Waals surface area contributed by atoms with Gasteiger partial charge in [-0.25, -0.2) is 0 Å². The molecular weight excluding hydrogens is 486 g/mol. The molecule has 0 aliphatic carbocycles. The molecule has 0 saturated heterocycles. The van der Waals surface area contributed by atoms with Gasteiger partial charge in [0.1, 0.15) is 12.3 Å². The van der Waals surface area contributed by atoms with Crippen LogP contribution in [0.5, 0.6) is 5.75 Å². The van der Waals surface area contributed by atoms with Crippen molar-refractivity contribution in [3.63, 3.8) is 0 Å². The number of nitrogens with zero attached hydrogens (tertiary/aromatic N) is 3. The molecule has 0 fully saturated rings. The van der Waals surface area contributed by atoms with Gasteiger partial charge in [0.25, 0.3) is 5.91 Å². The summed E-state index contributed by atoms with van der Waals surface area (Å²) in [6.07, 6.45) is 2.87. The van der Waals surface area contributed by atoms with Crippen molar-refractivity contribution in [3.05, 3.63) is 88.7 Å². The molecule has 1 heterocycles. The molecule has 198 valence electrons. The number of amides is 2. The van der Waals surface area contributed by atoms with Gasteiger partial charge < -0.3 is 19.1 Å². The number of benzene rings is 2. The molecule has 0 bridgehead atoms. The quantitative estimate of drug-likeness (QED) is 0.295. The molecule has 1 aromatic heterocycles. The Balaban J connectivity index is 1.71. The molecule has 0 aliphatic heterocycles. The molecule has 6 nitrogen and oxygen atoms in total. The van der Waals surface area contributed by atoms with Gasteiger partial charge in [0.2, 0.25) is 5.91 Å². The van der Waals surface area contributed by atoms with Crippen LogP contribution in [0.4, 0.5) is 0 Å². The third-order valence-corrected chi connectivity index (χ3v) is 6.98. The summed E-state index contributed by atoms with van der Waals surface area (Å²) in [5.41, 5.74) is 3.55. The zero-order chi connectivity index (χ0) is 26.9. The molecule has 3 rings (SSSR count). The van der Waals surface area contributed by atoms with Crippen LogP contribution >= 0.6 is 11.6 Å². The van der Waals surface area contributed by atoms with E-state index in [1.54, 1.807) is 29.2 Å². The van der Waals surface area contributed by atoms with E-state index in [-0.39, 0.29) is 37.0 Å². The second kappa shape index (κ2) is 13.3. The molecule has 0 radical (unpaired) electrons. The van der Waals surface area contributed by atoms with Gasteiger partial charge >= 0.3 is 0 Å². The van der Waals surface area contributed by atoms with Gasteiger partial charge in [-0.15, -0.1) is 0 Å². The molecule has 1 atom stereocenters. The molecule has 0 spiro atoms. The Kier molecular flexibility index (Phi) is 10.2. The molecule has 37 heavy (non-hydrogen) atoms. The van der Waals surface area contributed by atoms with E-state index < -0.39 is 0 Å².